The van der Waals surface area contributed by atoms with Gasteiger partial charge in [-0.2, -0.15) is 10.2 Å². The van der Waals surface area contributed by atoms with Crippen molar-refractivity contribution >= 4 is 10.9 Å². The molecular weight excluding hydrogens is 286 g/mol. The monoisotopic (exact) mass is 303 g/mol. The summed E-state index contributed by atoms with van der Waals surface area (Å²) < 4.78 is 0. The molecule has 0 radical (unpaired) electrons. The molecule has 5 heteroatoms. The molecule has 5 nitrogen and oxygen atoms in total. The van der Waals surface area contributed by atoms with E-state index in [9.17, 15) is 0 Å². The minimum atomic E-state index is 0.807. The van der Waals surface area contributed by atoms with E-state index in [-0.39, 0.29) is 0 Å². The van der Waals surface area contributed by atoms with Crippen LogP contribution in [0.3, 0.4) is 0 Å². The van der Waals surface area contributed by atoms with Crippen molar-refractivity contribution in [2.75, 3.05) is 0 Å². The van der Waals surface area contributed by atoms with Crippen molar-refractivity contribution < 1.29 is 0 Å². The maximum Gasteiger partial charge on any atom is 0.0695 e. The van der Waals surface area contributed by atoms with E-state index in [1.807, 2.05) is 12.3 Å². The summed E-state index contributed by atoms with van der Waals surface area (Å²) in [6, 6.07) is 16.7. The first-order valence-corrected chi connectivity index (χ1v) is 7.60. The van der Waals surface area contributed by atoms with Gasteiger partial charge in [-0.3, -0.25) is 10.2 Å². The van der Waals surface area contributed by atoms with Crippen LogP contribution in [0, 0.1) is 0 Å². The largest absolute Gasteiger partial charge is 0.309 e. The van der Waals surface area contributed by atoms with E-state index in [1.165, 1.54) is 11.1 Å². The maximum absolute atomic E-state index is 4.10. The Morgan fingerprint density at radius 2 is 1.78 bits per heavy atom. The molecule has 114 valence electrons. The van der Waals surface area contributed by atoms with Crippen molar-refractivity contribution in [3.8, 4) is 11.3 Å². The third kappa shape index (κ3) is 2.86. The highest BCUT2D eigenvalue weighted by Crippen LogP contribution is 2.17. The van der Waals surface area contributed by atoms with Crippen LogP contribution in [0.15, 0.2) is 60.9 Å². The number of para-hydroxylation sites is 1. The number of H-pyrrole nitrogens is 2. The zero-order valence-corrected chi connectivity index (χ0v) is 12.6. The molecule has 0 amide bonds. The minimum Gasteiger partial charge on any atom is -0.309 e. The van der Waals surface area contributed by atoms with E-state index in [1.54, 1.807) is 6.20 Å². The third-order valence-electron chi connectivity index (χ3n) is 3.97. The average Bonchev–Trinajstić information content (AvgIpc) is 3.27. The molecule has 0 fully saturated rings. The first kappa shape index (κ1) is 13.7. The normalized spacial score (nSPS) is 11.1. The molecule has 3 N–H and O–H groups in total. The zero-order chi connectivity index (χ0) is 15.5. The van der Waals surface area contributed by atoms with E-state index in [4.69, 9.17) is 0 Å². The van der Waals surface area contributed by atoms with Gasteiger partial charge in [0.15, 0.2) is 0 Å². The number of aromatic amines is 2. The smallest absolute Gasteiger partial charge is 0.0695 e. The lowest BCUT2D eigenvalue weighted by atomic mass is 10.1. The second-order valence-electron chi connectivity index (χ2n) is 5.52. The van der Waals surface area contributed by atoms with Gasteiger partial charge in [-0.15, -0.1) is 0 Å². The highest BCUT2D eigenvalue weighted by atomic mass is 15.1. The number of nitrogens with one attached hydrogen (secondary N) is 3. The van der Waals surface area contributed by atoms with Gasteiger partial charge in [0, 0.05) is 24.7 Å². The van der Waals surface area contributed by atoms with Gasteiger partial charge in [-0.1, -0.05) is 42.5 Å². The molecular formula is C18H17N5. The van der Waals surface area contributed by atoms with E-state index in [0.717, 1.165) is 35.2 Å². The predicted octanol–water partition coefficient (Wildman–Crippen LogP) is 3.24. The lowest BCUT2D eigenvalue weighted by Gasteiger charge is -2.07. The van der Waals surface area contributed by atoms with Crippen molar-refractivity contribution in [1.82, 2.24) is 25.7 Å². The molecule has 0 spiro atoms. The Bertz CT molecular complexity index is 891. The van der Waals surface area contributed by atoms with E-state index >= 15 is 0 Å². The quantitative estimate of drug-likeness (QED) is 0.530. The topological polar surface area (TPSA) is 69.4 Å². The molecule has 4 rings (SSSR count). The van der Waals surface area contributed by atoms with Crippen LogP contribution in [0.5, 0.6) is 0 Å². The molecule has 0 atom stereocenters. The number of nitrogens with zero attached hydrogens (tertiary/aromatic N) is 2. The van der Waals surface area contributed by atoms with Crippen LogP contribution in [-0.4, -0.2) is 20.4 Å². The molecule has 2 aromatic carbocycles. The average molecular weight is 303 g/mol. The predicted molar refractivity (Wildman–Crippen MR) is 90.7 cm³/mol. The summed E-state index contributed by atoms with van der Waals surface area (Å²) in [6.07, 6.45) is 3.62. The van der Waals surface area contributed by atoms with E-state index in [2.05, 4.69) is 68.2 Å². The maximum atomic E-state index is 4.10. The number of benzene rings is 2. The molecule has 0 aliphatic carbocycles. The molecule has 0 aliphatic heterocycles. The van der Waals surface area contributed by atoms with Crippen LogP contribution in [0.2, 0.25) is 0 Å². The summed E-state index contributed by atoms with van der Waals surface area (Å²) in [5.41, 5.74) is 5.78. The van der Waals surface area contributed by atoms with Crippen molar-refractivity contribution in [3.05, 3.63) is 72.1 Å². The van der Waals surface area contributed by atoms with Gasteiger partial charge in [0.2, 0.25) is 0 Å². The van der Waals surface area contributed by atoms with Gasteiger partial charge >= 0.3 is 0 Å². The Kier molecular flexibility index (Phi) is 3.62. The first-order valence-electron chi connectivity index (χ1n) is 7.60. The highest BCUT2D eigenvalue weighted by Gasteiger charge is 2.03. The number of hydrogen-bond acceptors (Lipinski definition) is 3. The second kappa shape index (κ2) is 6.06. The Labute approximate surface area is 133 Å². The van der Waals surface area contributed by atoms with Gasteiger partial charge in [0.25, 0.3) is 0 Å². The van der Waals surface area contributed by atoms with Crippen molar-refractivity contribution in [1.29, 1.82) is 0 Å². The molecule has 2 aromatic heterocycles. The van der Waals surface area contributed by atoms with E-state index in [0.29, 0.717) is 0 Å². The SMILES string of the molecule is c1cc(CNCc2ccc(-c3ccn[nH]3)cc2)c2[nH]ncc2c1. The Morgan fingerprint density at radius 3 is 2.61 bits per heavy atom. The van der Waals surface area contributed by atoms with Crippen LogP contribution >= 0.6 is 0 Å². The lowest BCUT2D eigenvalue weighted by Crippen LogP contribution is -2.12. The fraction of sp³-hybridized carbons (Fsp3) is 0.111. The summed E-state index contributed by atoms with van der Waals surface area (Å²) in [6.45, 7) is 1.63. The van der Waals surface area contributed by atoms with Gasteiger partial charge in [0.05, 0.1) is 17.4 Å². The highest BCUT2D eigenvalue weighted by molar-refractivity contribution is 5.81. The van der Waals surface area contributed by atoms with Crippen LogP contribution in [-0.2, 0) is 13.1 Å². The second-order valence-corrected chi connectivity index (χ2v) is 5.52. The molecule has 2 heterocycles. The third-order valence-corrected chi connectivity index (χ3v) is 3.97. The Morgan fingerprint density at radius 1 is 0.870 bits per heavy atom. The zero-order valence-electron chi connectivity index (χ0n) is 12.6. The summed E-state index contributed by atoms with van der Waals surface area (Å²) >= 11 is 0. The summed E-state index contributed by atoms with van der Waals surface area (Å²) in [7, 11) is 0. The van der Waals surface area contributed by atoms with Crippen LogP contribution in [0.25, 0.3) is 22.2 Å². The number of rotatable bonds is 5. The first-order chi connectivity index (χ1) is 11.4. The van der Waals surface area contributed by atoms with Crippen LogP contribution in [0.1, 0.15) is 11.1 Å². The fourth-order valence-electron chi connectivity index (χ4n) is 2.74. The number of aromatic nitrogens is 4. The fourth-order valence-corrected chi connectivity index (χ4v) is 2.74. The molecule has 23 heavy (non-hydrogen) atoms. The molecule has 0 bridgehead atoms. The van der Waals surface area contributed by atoms with Gasteiger partial charge in [-0.05, 0) is 22.8 Å². The van der Waals surface area contributed by atoms with E-state index < -0.39 is 0 Å². The summed E-state index contributed by atoms with van der Waals surface area (Å²) in [5, 5.41) is 18.8. The Balaban J connectivity index is 1.40. The minimum absolute atomic E-state index is 0.807. The van der Waals surface area contributed by atoms with Gasteiger partial charge in [-0.25, -0.2) is 0 Å². The molecule has 4 aromatic rings. The summed E-state index contributed by atoms with van der Waals surface area (Å²) in [4.78, 5) is 0. The molecule has 0 saturated heterocycles. The standard InChI is InChI=1S/C18H17N5/c1-2-15(18-16(3-1)12-21-23-18)11-19-10-13-4-6-14(7-5-13)17-8-9-20-22-17/h1-9,12,19H,10-11H2,(H,20,22)(H,21,23). The Hall–Kier alpha value is -2.92. The van der Waals surface area contributed by atoms with Gasteiger partial charge in [0.1, 0.15) is 0 Å². The van der Waals surface area contributed by atoms with Crippen LogP contribution < -0.4 is 5.32 Å². The summed E-state index contributed by atoms with van der Waals surface area (Å²) in [5.74, 6) is 0. The van der Waals surface area contributed by atoms with Crippen molar-refractivity contribution in [2.24, 2.45) is 0 Å². The van der Waals surface area contributed by atoms with Crippen molar-refractivity contribution in [2.45, 2.75) is 13.1 Å². The number of fused-ring (bicyclic) bond motifs is 1. The molecule has 0 aliphatic rings. The lowest BCUT2D eigenvalue weighted by molar-refractivity contribution is 0.695. The van der Waals surface area contributed by atoms with Crippen LogP contribution in [0.4, 0.5) is 0 Å². The van der Waals surface area contributed by atoms with Crippen molar-refractivity contribution in [3.63, 3.8) is 0 Å². The molecule has 0 unspecified atom stereocenters. The molecule has 0 saturated carbocycles. The number of hydrogen-bond donors (Lipinski definition) is 3. The van der Waals surface area contributed by atoms with Gasteiger partial charge < -0.3 is 5.32 Å².